The first-order valence-electron chi connectivity index (χ1n) is 9.59. The molecule has 0 unspecified atom stereocenters. The summed E-state index contributed by atoms with van der Waals surface area (Å²) in [4.78, 5) is 38.0. The molecule has 2 aromatic rings. The van der Waals surface area contributed by atoms with Gasteiger partial charge in [-0.15, -0.1) is 0 Å². The largest absolute Gasteiger partial charge is 0.482 e. The summed E-state index contributed by atoms with van der Waals surface area (Å²) in [5, 5.41) is 2.50. The predicted octanol–water partition coefficient (Wildman–Crippen LogP) is 4.57. The molecule has 0 saturated carbocycles. The zero-order valence-corrected chi connectivity index (χ0v) is 18.7. The number of amides is 3. The van der Waals surface area contributed by atoms with E-state index in [4.69, 9.17) is 21.1 Å². The van der Waals surface area contributed by atoms with Crippen LogP contribution in [0.3, 0.4) is 0 Å². The van der Waals surface area contributed by atoms with E-state index < -0.39 is 11.7 Å². The molecule has 0 radical (unpaired) electrons. The second-order valence-electron chi connectivity index (χ2n) is 6.71. The van der Waals surface area contributed by atoms with Crippen LogP contribution < -0.4 is 10.1 Å². The van der Waals surface area contributed by atoms with Crippen LogP contribution in [-0.4, -0.2) is 48.8 Å². The van der Waals surface area contributed by atoms with E-state index in [0.717, 1.165) is 11.8 Å². The summed E-state index contributed by atoms with van der Waals surface area (Å²) in [6.07, 6.45) is 2.15. The fourth-order valence-corrected chi connectivity index (χ4v) is 3.92. The number of thioether (sulfide) groups is 1. The van der Waals surface area contributed by atoms with E-state index in [0.29, 0.717) is 35.7 Å². The smallest absolute Gasteiger partial charge is 0.293 e. The van der Waals surface area contributed by atoms with E-state index in [2.05, 4.69) is 5.32 Å². The quantitative estimate of drug-likeness (QED) is 0.420. The van der Waals surface area contributed by atoms with Gasteiger partial charge in [-0.2, -0.15) is 0 Å². The van der Waals surface area contributed by atoms with Crippen molar-refractivity contribution in [1.82, 2.24) is 4.90 Å². The SMILES string of the molecule is COCCCN1C(=O)S/C(=C/c2ccc(OCC(=O)Nc3ccc(F)cc3)c(Cl)c2)C1=O. The first-order chi connectivity index (χ1) is 15.4. The number of hydrogen-bond acceptors (Lipinski definition) is 6. The van der Waals surface area contributed by atoms with Crippen LogP contribution in [0.4, 0.5) is 14.9 Å². The van der Waals surface area contributed by atoms with Crippen LogP contribution in [0.25, 0.3) is 6.08 Å². The lowest BCUT2D eigenvalue weighted by molar-refractivity contribution is -0.123. The molecule has 10 heteroatoms. The summed E-state index contributed by atoms with van der Waals surface area (Å²) in [6.45, 7) is 0.458. The standard InChI is InChI=1S/C22H20ClFN2O5S/c1-30-10-2-9-26-21(28)19(32-22(26)29)12-14-3-8-18(17(23)11-14)31-13-20(27)25-16-6-4-15(24)5-7-16/h3-8,11-12H,2,9-10,13H2,1H3,(H,25,27)/b19-12+. The number of carbonyl (C=O) groups is 3. The van der Waals surface area contributed by atoms with Gasteiger partial charge in [0.15, 0.2) is 6.61 Å². The van der Waals surface area contributed by atoms with Gasteiger partial charge in [-0.3, -0.25) is 19.3 Å². The Labute approximate surface area is 193 Å². The number of methoxy groups -OCH3 is 1. The summed E-state index contributed by atoms with van der Waals surface area (Å²) >= 11 is 7.11. The van der Waals surface area contributed by atoms with E-state index in [1.54, 1.807) is 31.4 Å². The van der Waals surface area contributed by atoms with Crippen LogP contribution in [0, 0.1) is 5.82 Å². The predicted molar refractivity (Wildman–Crippen MR) is 121 cm³/mol. The highest BCUT2D eigenvalue weighted by Gasteiger charge is 2.34. The Kier molecular flexibility index (Phi) is 8.26. The van der Waals surface area contributed by atoms with Crippen molar-refractivity contribution in [2.45, 2.75) is 6.42 Å². The lowest BCUT2D eigenvalue weighted by Crippen LogP contribution is -2.29. The Bertz CT molecular complexity index is 1050. The molecule has 7 nitrogen and oxygen atoms in total. The normalized spacial score (nSPS) is 14.8. The fourth-order valence-electron chi connectivity index (χ4n) is 2.81. The molecule has 0 bridgehead atoms. The summed E-state index contributed by atoms with van der Waals surface area (Å²) in [5.74, 6) is -0.906. The third-order valence-electron chi connectivity index (χ3n) is 4.34. The maximum absolute atomic E-state index is 12.9. The second-order valence-corrected chi connectivity index (χ2v) is 8.11. The average molecular weight is 479 g/mol. The van der Waals surface area contributed by atoms with Gasteiger partial charge in [0.05, 0.1) is 9.93 Å². The topological polar surface area (TPSA) is 84.9 Å². The first-order valence-corrected chi connectivity index (χ1v) is 10.8. The number of anilines is 1. The van der Waals surface area contributed by atoms with Crippen molar-refractivity contribution < 1.29 is 28.2 Å². The zero-order chi connectivity index (χ0) is 23.1. The van der Waals surface area contributed by atoms with Gasteiger partial charge >= 0.3 is 0 Å². The number of hydrogen-bond donors (Lipinski definition) is 1. The van der Waals surface area contributed by atoms with E-state index in [1.165, 1.54) is 29.2 Å². The number of benzene rings is 2. The summed E-state index contributed by atoms with van der Waals surface area (Å²) in [6, 6.07) is 10.2. The fraction of sp³-hybridized carbons (Fsp3) is 0.227. The van der Waals surface area contributed by atoms with E-state index in [-0.39, 0.29) is 28.5 Å². The molecule has 0 spiro atoms. The Morgan fingerprint density at radius 1 is 1.22 bits per heavy atom. The van der Waals surface area contributed by atoms with Gasteiger partial charge in [-0.25, -0.2) is 4.39 Å². The zero-order valence-electron chi connectivity index (χ0n) is 17.1. The monoisotopic (exact) mass is 478 g/mol. The van der Waals surface area contributed by atoms with Gasteiger partial charge in [0, 0.05) is 25.9 Å². The lowest BCUT2D eigenvalue weighted by atomic mass is 10.2. The molecule has 1 N–H and O–H groups in total. The molecular formula is C22H20ClFN2O5S. The van der Waals surface area contributed by atoms with E-state index in [9.17, 15) is 18.8 Å². The molecule has 2 aromatic carbocycles. The number of nitrogens with one attached hydrogen (secondary N) is 1. The third-order valence-corrected chi connectivity index (χ3v) is 5.55. The highest BCUT2D eigenvalue weighted by atomic mass is 35.5. The highest BCUT2D eigenvalue weighted by molar-refractivity contribution is 8.18. The van der Waals surface area contributed by atoms with Gasteiger partial charge < -0.3 is 14.8 Å². The summed E-state index contributed by atoms with van der Waals surface area (Å²) in [7, 11) is 1.56. The van der Waals surface area contributed by atoms with E-state index in [1.807, 2.05) is 0 Å². The van der Waals surface area contributed by atoms with Gasteiger partial charge in [-0.05, 0) is 66.2 Å². The van der Waals surface area contributed by atoms with Crippen molar-refractivity contribution in [2.75, 3.05) is 32.2 Å². The highest BCUT2D eigenvalue weighted by Crippen LogP contribution is 2.33. The molecule has 1 aliphatic heterocycles. The van der Waals surface area contributed by atoms with Crippen molar-refractivity contribution >= 4 is 52.2 Å². The lowest BCUT2D eigenvalue weighted by Gasteiger charge is -2.11. The Morgan fingerprint density at radius 2 is 1.97 bits per heavy atom. The number of nitrogens with zero attached hydrogens (tertiary/aromatic N) is 1. The van der Waals surface area contributed by atoms with Crippen LogP contribution in [-0.2, 0) is 14.3 Å². The molecule has 1 aliphatic rings. The molecular weight excluding hydrogens is 459 g/mol. The number of imide groups is 1. The van der Waals surface area contributed by atoms with Crippen LogP contribution in [0.2, 0.25) is 5.02 Å². The molecule has 1 fully saturated rings. The van der Waals surface area contributed by atoms with Crippen LogP contribution in [0.1, 0.15) is 12.0 Å². The van der Waals surface area contributed by atoms with Gasteiger partial charge in [0.25, 0.3) is 17.1 Å². The number of carbonyl (C=O) groups excluding carboxylic acids is 3. The third kappa shape index (κ3) is 6.32. The van der Waals surface area contributed by atoms with Crippen molar-refractivity contribution in [2.24, 2.45) is 0 Å². The first kappa shape index (κ1) is 23.8. The maximum atomic E-state index is 12.9. The molecule has 3 rings (SSSR count). The minimum absolute atomic E-state index is 0.243. The molecule has 0 aliphatic carbocycles. The average Bonchev–Trinajstić information content (AvgIpc) is 3.02. The van der Waals surface area contributed by atoms with Crippen molar-refractivity contribution in [3.63, 3.8) is 0 Å². The van der Waals surface area contributed by atoms with Crippen LogP contribution in [0.15, 0.2) is 47.4 Å². The molecule has 168 valence electrons. The van der Waals surface area contributed by atoms with Gasteiger partial charge in [0.2, 0.25) is 0 Å². The minimum atomic E-state index is -0.432. The number of halogens is 2. The van der Waals surface area contributed by atoms with Crippen molar-refractivity contribution in [1.29, 1.82) is 0 Å². The van der Waals surface area contributed by atoms with Crippen LogP contribution in [0.5, 0.6) is 5.75 Å². The van der Waals surface area contributed by atoms with Gasteiger partial charge in [0.1, 0.15) is 11.6 Å². The second kappa shape index (κ2) is 11.1. The molecule has 0 aromatic heterocycles. The summed E-state index contributed by atoms with van der Waals surface area (Å²) < 4.78 is 23.3. The Balaban J connectivity index is 1.58. The van der Waals surface area contributed by atoms with Crippen LogP contribution >= 0.6 is 23.4 Å². The number of rotatable bonds is 9. The Hall–Kier alpha value is -2.88. The van der Waals surface area contributed by atoms with Gasteiger partial charge in [-0.1, -0.05) is 17.7 Å². The molecule has 1 saturated heterocycles. The maximum Gasteiger partial charge on any atom is 0.293 e. The van der Waals surface area contributed by atoms with Crippen molar-refractivity contribution in [3.05, 3.63) is 63.8 Å². The molecule has 1 heterocycles. The summed E-state index contributed by atoms with van der Waals surface area (Å²) in [5.41, 5.74) is 1.05. The molecule has 32 heavy (non-hydrogen) atoms. The molecule has 0 atom stereocenters. The molecule has 3 amide bonds. The number of ether oxygens (including phenoxy) is 2. The Morgan fingerprint density at radius 3 is 2.66 bits per heavy atom. The van der Waals surface area contributed by atoms with E-state index >= 15 is 0 Å². The van der Waals surface area contributed by atoms with Crippen molar-refractivity contribution in [3.8, 4) is 5.75 Å². The minimum Gasteiger partial charge on any atom is -0.482 e.